The summed E-state index contributed by atoms with van der Waals surface area (Å²) in [5, 5.41) is 0. The largest absolute Gasteiger partial charge is 0.469 e. The number of likely N-dealkylation sites (tertiary alicyclic amines) is 1. The van der Waals surface area contributed by atoms with Crippen LogP contribution < -0.4 is 0 Å². The Kier molecular flexibility index (Phi) is 8.46. The molecule has 2 fully saturated rings. The Bertz CT molecular complexity index is 1270. The number of fused-ring (bicyclic) bond motifs is 1. The fraction of sp³-hybridized carbons (Fsp3) is 0.594. The zero-order valence-corrected chi connectivity index (χ0v) is 24.2. The van der Waals surface area contributed by atoms with Crippen molar-refractivity contribution in [3.63, 3.8) is 0 Å². The zero-order valence-electron chi connectivity index (χ0n) is 24.2. The normalized spacial score (nSPS) is 24.0. The number of alkyl halides is 3. The molecule has 222 valence electrons. The predicted octanol–water partition coefficient (Wildman–Crippen LogP) is 5.78. The first kappa shape index (κ1) is 29.5. The molecule has 1 saturated carbocycles. The maximum Gasteiger partial charge on any atom is 0.417 e. The number of carbonyl (C=O) groups is 2. The molecule has 9 heteroatoms. The number of halogens is 3. The second-order valence-corrected chi connectivity index (χ2v) is 12.3. The van der Waals surface area contributed by atoms with E-state index in [1.54, 1.807) is 4.90 Å². The van der Waals surface area contributed by atoms with E-state index in [0.717, 1.165) is 63.0 Å². The minimum atomic E-state index is -4.45. The summed E-state index contributed by atoms with van der Waals surface area (Å²) in [5.74, 6) is 0.412. The van der Waals surface area contributed by atoms with Crippen LogP contribution in [0.1, 0.15) is 79.8 Å². The van der Waals surface area contributed by atoms with E-state index in [0.29, 0.717) is 36.2 Å². The van der Waals surface area contributed by atoms with Gasteiger partial charge in [-0.3, -0.25) is 14.6 Å². The van der Waals surface area contributed by atoms with Crippen LogP contribution in [-0.2, 0) is 39.9 Å². The number of rotatable bonds is 6. The van der Waals surface area contributed by atoms with Crippen molar-refractivity contribution >= 4 is 11.9 Å². The van der Waals surface area contributed by atoms with E-state index < -0.39 is 17.2 Å². The van der Waals surface area contributed by atoms with Gasteiger partial charge in [0.25, 0.3) is 0 Å². The van der Waals surface area contributed by atoms with Crippen LogP contribution >= 0.6 is 0 Å². The predicted molar refractivity (Wildman–Crippen MR) is 149 cm³/mol. The Morgan fingerprint density at radius 3 is 2.56 bits per heavy atom. The number of amides is 1. The van der Waals surface area contributed by atoms with Crippen molar-refractivity contribution < 1.29 is 27.5 Å². The van der Waals surface area contributed by atoms with E-state index in [-0.39, 0.29) is 30.8 Å². The lowest BCUT2D eigenvalue weighted by atomic mass is 9.73. The van der Waals surface area contributed by atoms with Crippen LogP contribution in [0.4, 0.5) is 13.2 Å². The first-order valence-electron chi connectivity index (χ1n) is 14.7. The van der Waals surface area contributed by atoms with Gasteiger partial charge in [-0.1, -0.05) is 38.1 Å². The molecule has 0 bridgehead atoms. The standard InChI is InChI=1S/C32H40F3N3O3/c1-21(2)31(30(40)38-14-10-28-25(20-38)17-26(19-36-28)32(33,34)35)11-7-27(18-31)37-12-8-23(9-13-37)24-6-4-5-22(15-24)16-29(39)41-3/h4-6,15,17,19,21,23,27H,7-14,16,18,20H2,1-3H3/t27-,31+/m1/s1. The Labute approximate surface area is 240 Å². The van der Waals surface area contributed by atoms with Gasteiger partial charge in [-0.2, -0.15) is 13.2 Å². The summed E-state index contributed by atoms with van der Waals surface area (Å²) in [6.45, 7) is 6.81. The molecule has 1 amide bonds. The maximum absolute atomic E-state index is 14.1. The van der Waals surface area contributed by atoms with Gasteiger partial charge in [-0.15, -0.1) is 0 Å². The average molecular weight is 572 g/mol. The minimum Gasteiger partial charge on any atom is -0.469 e. The summed E-state index contributed by atoms with van der Waals surface area (Å²) < 4.78 is 44.7. The van der Waals surface area contributed by atoms with Crippen LogP contribution in [0.2, 0.25) is 0 Å². The number of hydrogen-bond donors (Lipinski definition) is 0. The van der Waals surface area contributed by atoms with E-state index in [1.807, 2.05) is 12.1 Å². The number of ether oxygens (including phenoxy) is 1. The number of aromatic nitrogens is 1. The molecule has 2 aromatic rings. The summed E-state index contributed by atoms with van der Waals surface area (Å²) in [6, 6.07) is 9.73. The molecule has 2 atom stereocenters. The number of esters is 1. The van der Waals surface area contributed by atoms with Crippen molar-refractivity contribution in [1.82, 2.24) is 14.8 Å². The number of piperidine rings is 1. The Morgan fingerprint density at radius 1 is 1.12 bits per heavy atom. The lowest BCUT2D eigenvalue weighted by Gasteiger charge is -2.41. The molecule has 6 nitrogen and oxygen atoms in total. The number of carbonyl (C=O) groups excluding carboxylic acids is 2. The Hall–Kier alpha value is -2.94. The second kappa shape index (κ2) is 11.7. The smallest absolute Gasteiger partial charge is 0.417 e. The summed E-state index contributed by atoms with van der Waals surface area (Å²) in [7, 11) is 1.41. The van der Waals surface area contributed by atoms with Crippen molar-refractivity contribution in [2.75, 3.05) is 26.7 Å². The molecule has 0 N–H and O–H groups in total. The van der Waals surface area contributed by atoms with Gasteiger partial charge < -0.3 is 14.5 Å². The van der Waals surface area contributed by atoms with Gasteiger partial charge in [0, 0.05) is 37.4 Å². The topological polar surface area (TPSA) is 62.7 Å². The van der Waals surface area contributed by atoms with E-state index in [2.05, 4.69) is 35.9 Å². The van der Waals surface area contributed by atoms with Gasteiger partial charge in [0.2, 0.25) is 5.91 Å². The third-order valence-corrected chi connectivity index (χ3v) is 9.75. The molecule has 1 aromatic carbocycles. The van der Waals surface area contributed by atoms with Crippen LogP contribution in [0, 0.1) is 11.3 Å². The van der Waals surface area contributed by atoms with Gasteiger partial charge in [-0.05, 0) is 79.8 Å². The number of hydrogen-bond acceptors (Lipinski definition) is 5. The summed E-state index contributed by atoms with van der Waals surface area (Å²) >= 11 is 0. The molecule has 0 unspecified atom stereocenters. The molecule has 2 aliphatic heterocycles. The quantitative estimate of drug-likeness (QED) is 0.412. The zero-order chi connectivity index (χ0) is 29.4. The van der Waals surface area contributed by atoms with E-state index in [4.69, 9.17) is 4.74 Å². The van der Waals surface area contributed by atoms with Crippen molar-refractivity contribution in [1.29, 1.82) is 0 Å². The van der Waals surface area contributed by atoms with Gasteiger partial charge in [0.15, 0.2) is 0 Å². The highest BCUT2D eigenvalue weighted by Crippen LogP contribution is 2.48. The molecule has 0 spiro atoms. The molecular weight excluding hydrogens is 531 g/mol. The number of benzene rings is 1. The van der Waals surface area contributed by atoms with Crippen LogP contribution in [0.25, 0.3) is 0 Å². The molecular formula is C32H40F3N3O3. The second-order valence-electron chi connectivity index (χ2n) is 12.3. The van der Waals surface area contributed by atoms with Crippen molar-refractivity contribution in [2.24, 2.45) is 11.3 Å². The molecule has 3 heterocycles. The summed E-state index contributed by atoms with van der Waals surface area (Å²) in [6.07, 6.45) is 1.79. The highest BCUT2D eigenvalue weighted by atomic mass is 19.4. The van der Waals surface area contributed by atoms with E-state index in [9.17, 15) is 22.8 Å². The molecule has 1 aliphatic carbocycles. The molecule has 3 aliphatic rings. The molecule has 5 rings (SSSR count). The van der Waals surface area contributed by atoms with Crippen LogP contribution in [0.3, 0.4) is 0 Å². The Balaban J connectivity index is 1.23. The van der Waals surface area contributed by atoms with Crippen molar-refractivity contribution in [2.45, 2.75) is 83.5 Å². The summed E-state index contributed by atoms with van der Waals surface area (Å²) in [5.41, 5.74) is 2.13. The number of pyridine rings is 1. The summed E-state index contributed by atoms with van der Waals surface area (Å²) in [4.78, 5) is 34.2. The lowest BCUT2D eigenvalue weighted by Crippen LogP contribution is -2.49. The molecule has 1 aromatic heterocycles. The first-order valence-corrected chi connectivity index (χ1v) is 14.7. The van der Waals surface area contributed by atoms with Gasteiger partial charge in [0.1, 0.15) is 0 Å². The molecule has 41 heavy (non-hydrogen) atoms. The van der Waals surface area contributed by atoms with Crippen molar-refractivity contribution in [3.05, 3.63) is 64.5 Å². The number of nitrogens with zero attached hydrogens (tertiary/aromatic N) is 3. The fourth-order valence-corrected chi connectivity index (χ4v) is 7.19. The van der Waals surface area contributed by atoms with Gasteiger partial charge in [-0.25, -0.2) is 0 Å². The van der Waals surface area contributed by atoms with Gasteiger partial charge in [0.05, 0.1) is 24.5 Å². The first-order chi connectivity index (χ1) is 19.5. The fourth-order valence-electron chi connectivity index (χ4n) is 7.19. The van der Waals surface area contributed by atoms with E-state index >= 15 is 0 Å². The van der Waals surface area contributed by atoms with E-state index in [1.165, 1.54) is 12.7 Å². The maximum atomic E-state index is 14.1. The SMILES string of the molecule is COC(=O)Cc1cccc(C2CCN([C@@H]3CC[C@@](C(=O)N4CCc5ncc(C(F)(F)F)cc5C4)(C(C)C)C3)CC2)c1. The molecule has 1 saturated heterocycles. The van der Waals surface area contributed by atoms with Crippen LogP contribution in [0.5, 0.6) is 0 Å². The average Bonchev–Trinajstić information content (AvgIpc) is 3.43. The number of methoxy groups -OCH3 is 1. The van der Waals surface area contributed by atoms with Crippen LogP contribution in [-0.4, -0.2) is 59.4 Å². The third kappa shape index (κ3) is 6.15. The monoisotopic (exact) mass is 571 g/mol. The highest BCUT2D eigenvalue weighted by Gasteiger charge is 2.51. The highest BCUT2D eigenvalue weighted by molar-refractivity contribution is 5.84. The van der Waals surface area contributed by atoms with Crippen LogP contribution in [0.15, 0.2) is 36.5 Å². The lowest BCUT2D eigenvalue weighted by molar-refractivity contribution is -0.146. The van der Waals surface area contributed by atoms with Gasteiger partial charge >= 0.3 is 12.1 Å². The third-order valence-electron chi connectivity index (χ3n) is 9.75. The molecule has 0 radical (unpaired) electrons. The minimum absolute atomic E-state index is 0.0790. The van der Waals surface area contributed by atoms with Crippen molar-refractivity contribution in [3.8, 4) is 0 Å². The Morgan fingerprint density at radius 2 is 1.88 bits per heavy atom.